The number of carbonyl (C=O) groups excluding carboxylic acids is 1. The van der Waals surface area contributed by atoms with Crippen LogP contribution in [0.1, 0.15) is 30.9 Å². The van der Waals surface area contributed by atoms with E-state index in [1.165, 1.54) is 0 Å². The third kappa shape index (κ3) is 2.89. The zero-order valence-corrected chi connectivity index (χ0v) is 10.4. The molecule has 1 aromatic rings. The van der Waals surface area contributed by atoms with Crippen molar-refractivity contribution in [1.29, 1.82) is 0 Å². The molecular weight excluding hydrogens is 228 g/mol. The number of hydrogen-bond acceptors (Lipinski definition) is 3. The second-order valence-corrected chi connectivity index (χ2v) is 4.88. The first-order valence-electron chi connectivity index (χ1n) is 6.44. The Kier molecular flexibility index (Phi) is 4.33. The Balaban J connectivity index is 1.95. The van der Waals surface area contributed by atoms with E-state index in [0.717, 1.165) is 24.8 Å². The van der Waals surface area contributed by atoms with E-state index in [1.54, 1.807) is 0 Å². The Morgan fingerprint density at radius 3 is 2.78 bits per heavy atom. The normalized spacial score (nSPS) is 24.8. The van der Waals surface area contributed by atoms with Gasteiger partial charge in [-0.05, 0) is 18.4 Å². The highest BCUT2D eigenvalue weighted by molar-refractivity contribution is 5.83. The maximum absolute atomic E-state index is 12.0. The summed E-state index contributed by atoms with van der Waals surface area (Å²) in [6.07, 6.45) is 2.96. The first kappa shape index (κ1) is 13.1. The molecular formula is C14H20N2O2. The van der Waals surface area contributed by atoms with Crippen molar-refractivity contribution in [1.82, 2.24) is 5.32 Å². The molecule has 1 saturated carbocycles. The van der Waals surface area contributed by atoms with Gasteiger partial charge in [0.15, 0.2) is 0 Å². The molecule has 0 spiro atoms. The van der Waals surface area contributed by atoms with E-state index >= 15 is 0 Å². The van der Waals surface area contributed by atoms with Gasteiger partial charge >= 0.3 is 0 Å². The Morgan fingerprint density at radius 2 is 2.11 bits per heavy atom. The van der Waals surface area contributed by atoms with Gasteiger partial charge in [-0.15, -0.1) is 0 Å². The summed E-state index contributed by atoms with van der Waals surface area (Å²) in [5.41, 5.74) is 6.74. The molecule has 0 bridgehead atoms. The quantitative estimate of drug-likeness (QED) is 0.743. The molecule has 1 aromatic carbocycles. The van der Waals surface area contributed by atoms with E-state index in [1.807, 2.05) is 30.3 Å². The van der Waals surface area contributed by atoms with Gasteiger partial charge in [-0.25, -0.2) is 0 Å². The molecule has 18 heavy (non-hydrogen) atoms. The van der Waals surface area contributed by atoms with Crippen molar-refractivity contribution < 1.29 is 9.90 Å². The van der Waals surface area contributed by atoms with E-state index in [2.05, 4.69) is 5.32 Å². The van der Waals surface area contributed by atoms with Crippen molar-refractivity contribution in [3.63, 3.8) is 0 Å². The van der Waals surface area contributed by atoms with Crippen LogP contribution in [-0.4, -0.2) is 23.7 Å². The highest BCUT2D eigenvalue weighted by Gasteiger charge is 2.29. The molecule has 0 radical (unpaired) electrons. The summed E-state index contributed by atoms with van der Waals surface area (Å²) in [6.45, 7) is 0.130. The lowest BCUT2D eigenvalue weighted by atomic mass is 10.0. The standard InChI is InChI=1S/C14H20N2O2/c15-13(10-5-2-1-3-6-10)14(18)16-12-8-4-7-11(12)9-17/h1-3,5-6,11-13,17H,4,7-9,15H2,(H,16,18)/t11?,12?,13-/m0/s1. The lowest BCUT2D eigenvalue weighted by molar-refractivity contribution is -0.123. The Morgan fingerprint density at radius 1 is 1.39 bits per heavy atom. The minimum Gasteiger partial charge on any atom is -0.396 e. The maximum atomic E-state index is 12.0. The highest BCUT2D eigenvalue weighted by Crippen LogP contribution is 2.25. The van der Waals surface area contributed by atoms with Crippen molar-refractivity contribution in [3.05, 3.63) is 35.9 Å². The molecule has 0 aromatic heterocycles. The minimum atomic E-state index is -0.633. The van der Waals surface area contributed by atoms with Gasteiger partial charge in [-0.3, -0.25) is 4.79 Å². The van der Waals surface area contributed by atoms with Crippen LogP contribution in [0.25, 0.3) is 0 Å². The average Bonchev–Trinajstić information content (AvgIpc) is 2.86. The van der Waals surface area contributed by atoms with Crippen molar-refractivity contribution in [3.8, 4) is 0 Å². The number of amides is 1. The van der Waals surface area contributed by atoms with E-state index < -0.39 is 6.04 Å². The zero-order chi connectivity index (χ0) is 13.0. The summed E-state index contributed by atoms with van der Waals surface area (Å²) in [5.74, 6) is 0.0171. The lowest BCUT2D eigenvalue weighted by Gasteiger charge is -2.21. The fourth-order valence-corrected chi connectivity index (χ4v) is 2.53. The molecule has 1 fully saturated rings. The predicted molar refractivity (Wildman–Crippen MR) is 69.7 cm³/mol. The summed E-state index contributed by atoms with van der Waals surface area (Å²) in [6, 6.07) is 8.77. The zero-order valence-electron chi connectivity index (χ0n) is 10.4. The molecule has 98 valence electrons. The number of hydrogen-bond donors (Lipinski definition) is 3. The summed E-state index contributed by atoms with van der Waals surface area (Å²) >= 11 is 0. The summed E-state index contributed by atoms with van der Waals surface area (Å²) < 4.78 is 0. The van der Waals surface area contributed by atoms with Gasteiger partial charge in [0.25, 0.3) is 0 Å². The number of aliphatic hydroxyl groups is 1. The second kappa shape index (κ2) is 5.98. The van der Waals surface area contributed by atoms with E-state index in [9.17, 15) is 9.90 Å². The predicted octanol–water partition coefficient (Wildman–Crippen LogP) is 0.964. The molecule has 2 unspecified atom stereocenters. The second-order valence-electron chi connectivity index (χ2n) is 4.88. The van der Waals surface area contributed by atoms with Crippen LogP contribution in [0.2, 0.25) is 0 Å². The molecule has 1 amide bonds. The molecule has 1 aliphatic carbocycles. The van der Waals surface area contributed by atoms with Crippen LogP contribution in [0, 0.1) is 5.92 Å². The van der Waals surface area contributed by atoms with Crippen LogP contribution >= 0.6 is 0 Å². The van der Waals surface area contributed by atoms with E-state index in [0.29, 0.717) is 0 Å². The Hall–Kier alpha value is -1.39. The third-order valence-electron chi connectivity index (χ3n) is 3.66. The number of benzene rings is 1. The number of nitrogens with one attached hydrogen (secondary N) is 1. The highest BCUT2D eigenvalue weighted by atomic mass is 16.3. The van der Waals surface area contributed by atoms with Crippen molar-refractivity contribution in [2.75, 3.05) is 6.61 Å². The molecule has 1 aliphatic rings. The van der Waals surface area contributed by atoms with Gasteiger partial charge in [0.1, 0.15) is 6.04 Å². The molecule has 0 aliphatic heterocycles. The van der Waals surface area contributed by atoms with E-state index in [-0.39, 0.29) is 24.5 Å². The number of rotatable bonds is 4. The fraction of sp³-hybridized carbons (Fsp3) is 0.500. The fourth-order valence-electron chi connectivity index (χ4n) is 2.53. The minimum absolute atomic E-state index is 0.0669. The molecule has 4 nitrogen and oxygen atoms in total. The molecule has 2 rings (SSSR count). The van der Waals surface area contributed by atoms with Crippen LogP contribution in [0.15, 0.2) is 30.3 Å². The maximum Gasteiger partial charge on any atom is 0.241 e. The molecule has 4 heteroatoms. The summed E-state index contributed by atoms with van der Waals surface area (Å²) in [5, 5.41) is 12.2. The Labute approximate surface area is 107 Å². The van der Waals surface area contributed by atoms with Gasteiger partial charge in [0.05, 0.1) is 0 Å². The smallest absolute Gasteiger partial charge is 0.241 e. The third-order valence-corrected chi connectivity index (χ3v) is 3.66. The van der Waals surface area contributed by atoms with Crippen molar-refractivity contribution in [2.45, 2.75) is 31.3 Å². The van der Waals surface area contributed by atoms with Crippen LogP contribution in [0.5, 0.6) is 0 Å². The lowest BCUT2D eigenvalue weighted by Crippen LogP contribution is -2.43. The molecule has 0 saturated heterocycles. The van der Waals surface area contributed by atoms with Gasteiger partial charge in [-0.1, -0.05) is 36.8 Å². The van der Waals surface area contributed by atoms with Gasteiger partial charge in [0.2, 0.25) is 5.91 Å². The first-order chi connectivity index (χ1) is 8.72. The first-order valence-corrected chi connectivity index (χ1v) is 6.44. The van der Waals surface area contributed by atoms with Crippen LogP contribution < -0.4 is 11.1 Å². The van der Waals surface area contributed by atoms with Crippen LogP contribution in [-0.2, 0) is 4.79 Å². The van der Waals surface area contributed by atoms with E-state index in [4.69, 9.17) is 5.73 Å². The largest absolute Gasteiger partial charge is 0.396 e. The SMILES string of the molecule is N[C@H](C(=O)NC1CCCC1CO)c1ccccc1. The monoisotopic (exact) mass is 248 g/mol. The van der Waals surface area contributed by atoms with Gasteiger partial charge in [0, 0.05) is 18.6 Å². The van der Waals surface area contributed by atoms with Crippen LogP contribution in [0.3, 0.4) is 0 Å². The van der Waals surface area contributed by atoms with Gasteiger partial charge in [-0.2, -0.15) is 0 Å². The number of nitrogens with two attached hydrogens (primary N) is 1. The Bertz CT molecular complexity index is 394. The number of carbonyl (C=O) groups is 1. The molecule has 0 heterocycles. The average molecular weight is 248 g/mol. The van der Waals surface area contributed by atoms with Crippen molar-refractivity contribution >= 4 is 5.91 Å². The summed E-state index contributed by atoms with van der Waals surface area (Å²) in [4.78, 5) is 12.0. The number of aliphatic hydroxyl groups excluding tert-OH is 1. The van der Waals surface area contributed by atoms with Crippen LogP contribution in [0.4, 0.5) is 0 Å². The molecule has 4 N–H and O–H groups in total. The topological polar surface area (TPSA) is 75.4 Å². The van der Waals surface area contributed by atoms with Crippen molar-refractivity contribution in [2.24, 2.45) is 11.7 Å². The summed E-state index contributed by atoms with van der Waals surface area (Å²) in [7, 11) is 0. The van der Waals surface area contributed by atoms with Gasteiger partial charge < -0.3 is 16.2 Å². The molecule has 3 atom stereocenters.